The van der Waals surface area contributed by atoms with Crippen molar-refractivity contribution in [1.29, 1.82) is 0 Å². The quantitative estimate of drug-likeness (QED) is 0.176. The third-order valence-electron chi connectivity index (χ3n) is 10.8. The topological polar surface area (TPSA) is 3.24 Å². The highest BCUT2D eigenvalue weighted by atomic mass is 32.1. The van der Waals surface area contributed by atoms with Crippen LogP contribution in [0.5, 0.6) is 0 Å². The van der Waals surface area contributed by atoms with Crippen LogP contribution in [0.2, 0.25) is 0 Å². The highest BCUT2D eigenvalue weighted by Gasteiger charge is 2.39. The first kappa shape index (κ1) is 29.9. The molecule has 0 unspecified atom stereocenters. The third kappa shape index (κ3) is 4.67. The number of fused-ring (bicyclic) bond motifs is 10. The summed E-state index contributed by atoms with van der Waals surface area (Å²) >= 11 is 1.93. The average Bonchev–Trinajstić information content (AvgIpc) is 3.69. The number of thiophene rings is 1. The molecule has 1 aliphatic rings. The second kappa shape index (κ2) is 11.6. The maximum atomic E-state index is 2.45. The van der Waals surface area contributed by atoms with Gasteiger partial charge in [-0.25, -0.2) is 0 Å². The summed E-state index contributed by atoms with van der Waals surface area (Å²) in [6, 6.07) is 64.4. The minimum Gasteiger partial charge on any atom is -0.310 e. The maximum absolute atomic E-state index is 2.45. The van der Waals surface area contributed by atoms with E-state index in [0.717, 1.165) is 17.1 Å². The van der Waals surface area contributed by atoms with E-state index in [0.29, 0.717) is 0 Å². The molecule has 0 N–H and O–H groups in total. The molecule has 2 heteroatoms. The van der Waals surface area contributed by atoms with E-state index in [1.165, 1.54) is 75.5 Å². The lowest BCUT2D eigenvalue weighted by atomic mass is 9.79. The molecule has 0 spiro atoms. The SMILES string of the molecule is CC1(C)c2ccccc2-c2c1c1c3ccccc3sc1c1ccc(N(c3ccc(-c4ccccc4)cc3)c3ccc(-c4ccccc4)cc3)cc21. The number of benzene rings is 8. The summed E-state index contributed by atoms with van der Waals surface area (Å²) in [6.45, 7) is 4.82. The summed E-state index contributed by atoms with van der Waals surface area (Å²) in [4.78, 5) is 2.41. The molecule has 242 valence electrons. The van der Waals surface area contributed by atoms with Gasteiger partial charge < -0.3 is 4.90 Å². The van der Waals surface area contributed by atoms with E-state index < -0.39 is 0 Å². The van der Waals surface area contributed by atoms with E-state index in [1.54, 1.807) is 0 Å². The van der Waals surface area contributed by atoms with Gasteiger partial charge in [-0.1, -0.05) is 147 Å². The van der Waals surface area contributed by atoms with E-state index >= 15 is 0 Å². The van der Waals surface area contributed by atoms with Crippen molar-refractivity contribution in [1.82, 2.24) is 0 Å². The lowest BCUT2D eigenvalue weighted by Gasteiger charge is -2.27. The number of hydrogen-bond donors (Lipinski definition) is 0. The van der Waals surface area contributed by atoms with E-state index in [2.05, 4.69) is 195 Å². The van der Waals surface area contributed by atoms with Gasteiger partial charge in [0.2, 0.25) is 0 Å². The zero-order chi connectivity index (χ0) is 34.1. The van der Waals surface area contributed by atoms with Gasteiger partial charge in [0.25, 0.3) is 0 Å². The van der Waals surface area contributed by atoms with E-state index in [-0.39, 0.29) is 5.41 Å². The van der Waals surface area contributed by atoms with Crippen molar-refractivity contribution >= 4 is 59.3 Å². The Kier molecular flexibility index (Phi) is 6.78. The van der Waals surface area contributed by atoms with Gasteiger partial charge in [0.15, 0.2) is 0 Å². The molecular formula is C49H35NS. The summed E-state index contributed by atoms with van der Waals surface area (Å²) in [6.07, 6.45) is 0. The first-order valence-corrected chi connectivity index (χ1v) is 18.5. The lowest BCUT2D eigenvalue weighted by Crippen LogP contribution is -2.15. The van der Waals surface area contributed by atoms with Gasteiger partial charge in [-0.05, 0) is 92.4 Å². The Morgan fingerprint density at radius 2 is 0.980 bits per heavy atom. The molecule has 8 aromatic carbocycles. The van der Waals surface area contributed by atoms with Gasteiger partial charge in [0.1, 0.15) is 0 Å². The Morgan fingerprint density at radius 1 is 0.451 bits per heavy atom. The van der Waals surface area contributed by atoms with Gasteiger partial charge in [0.05, 0.1) is 0 Å². The van der Waals surface area contributed by atoms with Crippen LogP contribution in [0.1, 0.15) is 25.0 Å². The first-order valence-electron chi connectivity index (χ1n) is 17.7. The van der Waals surface area contributed by atoms with Crippen LogP contribution < -0.4 is 4.90 Å². The second-order valence-electron chi connectivity index (χ2n) is 14.1. The molecule has 10 rings (SSSR count). The lowest BCUT2D eigenvalue weighted by molar-refractivity contribution is 0.667. The van der Waals surface area contributed by atoms with E-state index in [1.807, 2.05) is 11.3 Å². The Balaban J connectivity index is 1.22. The van der Waals surface area contributed by atoms with Gasteiger partial charge in [-0.3, -0.25) is 0 Å². The molecule has 9 aromatic rings. The molecule has 0 fully saturated rings. The highest BCUT2D eigenvalue weighted by Crippen LogP contribution is 2.57. The fraction of sp³-hybridized carbons (Fsp3) is 0.0612. The molecule has 1 heterocycles. The van der Waals surface area contributed by atoms with Gasteiger partial charge >= 0.3 is 0 Å². The molecule has 0 saturated heterocycles. The zero-order valence-corrected chi connectivity index (χ0v) is 29.4. The van der Waals surface area contributed by atoms with Crippen LogP contribution in [0.3, 0.4) is 0 Å². The molecule has 0 radical (unpaired) electrons. The summed E-state index contributed by atoms with van der Waals surface area (Å²) in [5, 5.41) is 5.41. The van der Waals surface area contributed by atoms with Crippen molar-refractivity contribution in [2.24, 2.45) is 0 Å². The maximum Gasteiger partial charge on any atom is 0.0468 e. The fourth-order valence-electron chi connectivity index (χ4n) is 8.42. The normalized spacial score (nSPS) is 13.1. The molecule has 51 heavy (non-hydrogen) atoms. The highest BCUT2D eigenvalue weighted by molar-refractivity contribution is 7.26. The van der Waals surface area contributed by atoms with E-state index in [4.69, 9.17) is 0 Å². The molecule has 0 aliphatic heterocycles. The average molecular weight is 670 g/mol. The molecular weight excluding hydrogens is 635 g/mol. The monoisotopic (exact) mass is 669 g/mol. The van der Waals surface area contributed by atoms with Crippen LogP contribution in [-0.4, -0.2) is 0 Å². The molecule has 1 aliphatic carbocycles. The van der Waals surface area contributed by atoms with Crippen molar-refractivity contribution in [2.45, 2.75) is 19.3 Å². The number of rotatable bonds is 5. The summed E-state index contributed by atoms with van der Waals surface area (Å²) < 4.78 is 2.72. The summed E-state index contributed by atoms with van der Waals surface area (Å²) in [5.41, 5.74) is 13.7. The fourth-order valence-corrected chi connectivity index (χ4v) is 9.67. The summed E-state index contributed by atoms with van der Waals surface area (Å²) in [7, 11) is 0. The molecule has 1 nitrogen and oxygen atoms in total. The minimum atomic E-state index is -0.127. The van der Waals surface area contributed by atoms with Crippen molar-refractivity contribution in [3.8, 4) is 33.4 Å². The Labute approximate surface area is 302 Å². The number of hydrogen-bond acceptors (Lipinski definition) is 2. The van der Waals surface area contributed by atoms with Gasteiger partial charge in [-0.15, -0.1) is 11.3 Å². The molecule has 0 amide bonds. The number of anilines is 3. The second-order valence-corrected chi connectivity index (χ2v) is 15.2. The smallest absolute Gasteiger partial charge is 0.0468 e. The van der Waals surface area contributed by atoms with Crippen LogP contribution in [-0.2, 0) is 5.41 Å². The van der Waals surface area contributed by atoms with Crippen molar-refractivity contribution in [3.05, 3.63) is 187 Å². The predicted molar refractivity (Wildman–Crippen MR) is 220 cm³/mol. The minimum absolute atomic E-state index is 0.127. The Hall–Kier alpha value is -5.96. The van der Waals surface area contributed by atoms with Gasteiger partial charge in [-0.2, -0.15) is 0 Å². The Bertz CT molecular complexity index is 2660. The first-order chi connectivity index (χ1) is 25.1. The summed E-state index contributed by atoms with van der Waals surface area (Å²) in [5.74, 6) is 0. The largest absolute Gasteiger partial charge is 0.310 e. The standard InChI is InChI=1S/C49H35NS/c1-49(2)43-19-11-9-17-40(43)45-42-31-38(29-30-39(42)48-46(47(45)49)41-18-10-12-20-44(41)51-48)50(36-25-21-34(22-26-36)32-13-5-3-6-14-32)37-27-23-35(24-28-37)33-15-7-4-8-16-33/h3-31H,1-2H3. The van der Waals surface area contributed by atoms with Crippen LogP contribution in [0.15, 0.2) is 176 Å². The zero-order valence-electron chi connectivity index (χ0n) is 28.6. The molecule has 1 aromatic heterocycles. The third-order valence-corrected chi connectivity index (χ3v) is 12.0. The van der Waals surface area contributed by atoms with Crippen LogP contribution in [0, 0.1) is 0 Å². The van der Waals surface area contributed by atoms with Crippen LogP contribution in [0.4, 0.5) is 17.1 Å². The van der Waals surface area contributed by atoms with Gasteiger partial charge in [0, 0.05) is 48.0 Å². The Morgan fingerprint density at radius 3 is 1.63 bits per heavy atom. The van der Waals surface area contributed by atoms with Crippen molar-refractivity contribution < 1.29 is 0 Å². The molecule has 0 atom stereocenters. The van der Waals surface area contributed by atoms with Crippen molar-refractivity contribution in [2.75, 3.05) is 4.90 Å². The van der Waals surface area contributed by atoms with E-state index in [9.17, 15) is 0 Å². The number of nitrogens with zero attached hydrogens (tertiary/aromatic N) is 1. The molecule has 0 bridgehead atoms. The van der Waals surface area contributed by atoms with Crippen LogP contribution in [0.25, 0.3) is 64.3 Å². The van der Waals surface area contributed by atoms with Crippen LogP contribution >= 0.6 is 11.3 Å². The predicted octanol–water partition coefficient (Wildman–Crippen LogP) is 14.3. The molecule has 0 saturated carbocycles. The van der Waals surface area contributed by atoms with Crippen molar-refractivity contribution in [3.63, 3.8) is 0 Å².